The molecule has 112 valence electrons. The lowest BCUT2D eigenvalue weighted by Crippen LogP contribution is -2.41. The maximum atomic E-state index is 12.4. The smallest absolute Gasteiger partial charge is 0.234 e. The zero-order valence-electron chi connectivity index (χ0n) is 12.8. The Balaban J connectivity index is 1.86. The van der Waals surface area contributed by atoms with Crippen LogP contribution in [0.2, 0.25) is 0 Å². The summed E-state index contributed by atoms with van der Waals surface area (Å²) < 4.78 is 0. The first kappa shape index (κ1) is 14.3. The fraction of sp³-hybridized carbons (Fsp3) is 0.529. The summed E-state index contributed by atoms with van der Waals surface area (Å²) in [5.74, 6) is 0.0299. The van der Waals surface area contributed by atoms with E-state index in [1.54, 1.807) is 7.05 Å². The molecule has 2 fully saturated rings. The topological polar surface area (TPSA) is 40.6 Å². The maximum absolute atomic E-state index is 12.4. The number of likely N-dealkylation sites (tertiary alicyclic amines) is 2. The summed E-state index contributed by atoms with van der Waals surface area (Å²) in [7, 11) is 1.61. The van der Waals surface area contributed by atoms with E-state index in [1.807, 2.05) is 18.2 Å². The van der Waals surface area contributed by atoms with Crippen LogP contribution in [0.4, 0.5) is 0 Å². The largest absolute Gasteiger partial charge is 0.294 e. The highest BCUT2D eigenvalue weighted by Gasteiger charge is 2.56. The summed E-state index contributed by atoms with van der Waals surface area (Å²) >= 11 is 0. The molecule has 0 aromatic heterocycles. The Hall–Kier alpha value is -1.68. The van der Waals surface area contributed by atoms with Crippen molar-refractivity contribution >= 4 is 11.8 Å². The quantitative estimate of drug-likeness (QED) is 0.795. The van der Waals surface area contributed by atoms with Crippen LogP contribution in [0.5, 0.6) is 0 Å². The number of nitrogens with zero attached hydrogens (tertiary/aromatic N) is 2. The molecule has 1 aromatic rings. The first-order valence-electron chi connectivity index (χ1n) is 7.60. The van der Waals surface area contributed by atoms with Gasteiger partial charge in [-0.1, -0.05) is 44.2 Å². The summed E-state index contributed by atoms with van der Waals surface area (Å²) in [5.41, 5.74) is 1.23. The fourth-order valence-corrected chi connectivity index (χ4v) is 3.91. The van der Waals surface area contributed by atoms with Gasteiger partial charge in [0.05, 0.1) is 11.8 Å². The molecule has 4 nitrogen and oxygen atoms in total. The van der Waals surface area contributed by atoms with Gasteiger partial charge in [0.25, 0.3) is 0 Å². The van der Waals surface area contributed by atoms with E-state index in [0.29, 0.717) is 12.5 Å². The van der Waals surface area contributed by atoms with Gasteiger partial charge in [-0.2, -0.15) is 0 Å². The zero-order chi connectivity index (χ0) is 15.1. The normalized spacial score (nSPS) is 29.5. The third-order valence-corrected chi connectivity index (χ3v) is 4.83. The first-order chi connectivity index (χ1) is 10.0. The first-order valence-corrected chi connectivity index (χ1v) is 7.60. The number of hydrogen-bond donors (Lipinski definition) is 0. The molecular formula is C17H22N2O2. The van der Waals surface area contributed by atoms with Crippen LogP contribution < -0.4 is 0 Å². The van der Waals surface area contributed by atoms with Gasteiger partial charge < -0.3 is 0 Å². The van der Waals surface area contributed by atoms with Crippen LogP contribution in [0.25, 0.3) is 0 Å². The number of amides is 2. The Morgan fingerprint density at radius 3 is 2.43 bits per heavy atom. The van der Waals surface area contributed by atoms with E-state index < -0.39 is 0 Å². The molecule has 3 atom stereocenters. The van der Waals surface area contributed by atoms with Crippen molar-refractivity contribution in [3.05, 3.63) is 35.9 Å². The van der Waals surface area contributed by atoms with Crippen molar-refractivity contribution in [2.45, 2.75) is 26.4 Å². The Morgan fingerprint density at radius 1 is 1.14 bits per heavy atom. The van der Waals surface area contributed by atoms with Gasteiger partial charge in [-0.05, 0) is 11.5 Å². The molecule has 0 N–H and O–H groups in total. The molecule has 0 radical (unpaired) electrons. The molecule has 2 amide bonds. The minimum absolute atomic E-state index is 0.000684. The lowest BCUT2D eigenvalue weighted by Gasteiger charge is -2.31. The number of rotatable bonds is 3. The van der Waals surface area contributed by atoms with E-state index in [2.05, 4.69) is 30.9 Å². The molecular weight excluding hydrogens is 264 g/mol. The molecule has 2 saturated heterocycles. The highest BCUT2D eigenvalue weighted by molar-refractivity contribution is 6.05. The minimum atomic E-state index is -0.161. The van der Waals surface area contributed by atoms with E-state index >= 15 is 0 Å². The van der Waals surface area contributed by atoms with Gasteiger partial charge in [0.1, 0.15) is 0 Å². The lowest BCUT2D eigenvalue weighted by atomic mass is 9.87. The number of carbonyl (C=O) groups is 2. The van der Waals surface area contributed by atoms with Crippen LogP contribution in [0.1, 0.15) is 19.4 Å². The van der Waals surface area contributed by atoms with E-state index in [1.165, 1.54) is 10.5 Å². The summed E-state index contributed by atoms with van der Waals surface area (Å²) in [6, 6.07) is 10.4. The van der Waals surface area contributed by atoms with Crippen LogP contribution in [0.15, 0.2) is 30.3 Å². The highest BCUT2D eigenvalue weighted by atomic mass is 16.2. The van der Waals surface area contributed by atoms with Crippen LogP contribution in [0.3, 0.4) is 0 Å². The van der Waals surface area contributed by atoms with E-state index in [4.69, 9.17) is 0 Å². The van der Waals surface area contributed by atoms with Crippen molar-refractivity contribution in [2.75, 3.05) is 13.6 Å². The molecule has 2 aliphatic heterocycles. The molecule has 4 heteroatoms. The molecule has 0 saturated carbocycles. The predicted molar refractivity (Wildman–Crippen MR) is 80.2 cm³/mol. The molecule has 0 unspecified atom stereocenters. The molecule has 1 aromatic carbocycles. The SMILES string of the molecule is CC(C)[C@@H]1[C@H]2C(=O)N(C)C(=O)[C@@H]2CN1Cc1ccccc1. The van der Waals surface area contributed by atoms with Crippen molar-refractivity contribution in [3.63, 3.8) is 0 Å². The van der Waals surface area contributed by atoms with Crippen molar-refractivity contribution in [3.8, 4) is 0 Å². The third-order valence-electron chi connectivity index (χ3n) is 4.83. The third kappa shape index (κ3) is 2.27. The van der Waals surface area contributed by atoms with Gasteiger partial charge in [-0.15, -0.1) is 0 Å². The van der Waals surface area contributed by atoms with E-state index in [9.17, 15) is 9.59 Å². The van der Waals surface area contributed by atoms with Gasteiger partial charge >= 0.3 is 0 Å². The molecule has 2 heterocycles. The number of hydrogen-bond acceptors (Lipinski definition) is 3. The fourth-order valence-electron chi connectivity index (χ4n) is 3.91. The second-order valence-corrected chi connectivity index (χ2v) is 6.52. The highest BCUT2D eigenvalue weighted by Crippen LogP contribution is 2.41. The summed E-state index contributed by atoms with van der Waals surface area (Å²) in [6.45, 7) is 5.78. The van der Waals surface area contributed by atoms with Gasteiger partial charge in [0.2, 0.25) is 11.8 Å². The molecule has 2 aliphatic rings. The van der Waals surface area contributed by atoms with Crippen LogP contribution in [0, 0.1) is 17.8 Å². The lowest BCUT2D eigenvalue weighted by molar-refractivity contribution is -0.139. The minimum Gasteiger partial charge on any atom is -0.294 e. The number of imide groups is 1. The number of benzene rings is 1. The van der Waals surface area contributed by atoms with Crippen molar-refractivity contribution in [1.29, 1.82) is 0 Å². The summed E-state index contributed by atoms with van der Waals surface area (Å²) in [5, 5.41) is 0. The van der Waals surface area contributed by atoms with Crippen molar-refractivity contribution < 1.29 is 9.59 Å². The van der Waals surface area contributed by atoms with E-state index in [0.717, 1.165) is 6.54 Å². The van der Waals surface area contributed by atoms with Crippen molar-refractivity contribution in [1.82, 2.24) is 9.80 Å². The molecule has 0 spiro atoms. The number of fused-ring (bicyclic) bond motifs is 1. The van der Waals surface area contributed by atoms with Gasteiger partial charge in [-0.25, -0.2) is 0 Å². The van der Waals surface area contributed by atoms with Crippen molar-refractivity contribution in [2.24, 2.45) is 17.8 Å². The average molecular weight is 286 g/mol. The Morgan fingerprint density at radius 2 is 1.81 bits per heavy atom. The Kier molecular flexibility index (Phi) is 3.57. The molecule has 3 rings (SSSR count). The molecule has 21 heavy (non-hydrogen) atoms. The second kappa shape index (κ2) is 5.26. The molecule has 0 bridgehead atoms. The maximum Gasteiger partial charge on any atom is 0.234 e. The zero-order valence-corrected chi connectivity index (χ0v) is 12.8. The Labute approximate surface area is 125 Å². The average Bonchev–Trinajstić information content (AvgIpc) is 2.93. The number of carbonyl (C=O) groups excluding carboxylic acids is 2. The summed E-state index contributed by atoms with van der Waals surface area (Å²) in [4.78, 5) is 28.3. The van der Waals surface area contributed by atoms with Crippen LogP contribution in [-0.2, 0) is 16.1 Å². The monoisotopic (exact) mass is 286 g/mol. The van der Waals surface area contributed by atoms with Crippen LogP contribution in [-0.4, -0.2) is 41.2 Å². The predicted octanol–water partition coefficient (Wildman–Crippen LogP) is 1.76. The van der Waals surface area contributed by atoms with Gasteiger partial charge in [0.15, 0.2) is 0 Å². The molecule has 0 aliphatic carbocycles. The van der Waals surface area contributed by atoms with Crippen LogP contribution >= 0.6 is 0 Å². The standard InChI is InChI=1S/C17H22N2O2/c1-11(2)15-14-13(16(20)18(3)17(14)21)10-19(15)9-12-7-5-4-6-8-12/h4-8,11,13-15H,9-10H2,1-3H3/t13-,14+,15-/m1/s1. The van der Waals surface area contributed by atoms with Gasteiger partial charge in [-0.3, -0.25) is 19.4 Å². The van der Waals surface area contributed by atoms with E-state index in [-0.39, 0.29) is 29.7 Å². The summed E-state index contributed by atoms with van der Waals surface area (Å²) in [6.07, 6.45) is 0. The second-order valence-electron chi connectivity index (χ2n) is 6.52. The van der Waals surface area contributed by atoms with Gasteiger partial charge in [0, 0.05) is 26.2 Å². The Bertz CT molecular complexity index is 555.